The Hall–Kier alpha value is -1.50. The van der Waals surface area contributed by atoms with Crippen LogP contribution in [0.1, 0.15) is 59.1 Å². The quantitative estimate of drug-likeness (QED) is 0.759. The Kier molecular flexibility index (Phi) is 5.14. The smallest absolute Gasteiger partial charge is 0.126 e. The molecule has 3 nitrogen and oxygen atoms in total. The average Bonchev–Trinajstić information content (AvgIpc) is 2.58. The van der Waals surface area contributed by atoms with Crippen LogP contribution in [0, 0.1) is 17.8 Å². The maximum atomic E-state index is 6.62. The molecule has 3 heteroatoms. The van der Waals surface area contributed by atoms with Crippen molar-refractivity contribution in [3.05, 3.63) is 29.8 Å². The molecule has 1 saturated heterocycles. The molecule has 2 aliphatic heterocycles. The first kappa shape index (κ1) is 18.3. The first-order valence-electron chi connectivity index (χ1n) is 9.56. The molecule has 0 amide bonds. The predicted octanol–water partition coefficient (Wildman–Crippen LogP) is 4.43. The van der Waals surface area contributed by atoms with Gasteiger partial charge in [-0.3, -0.25) is 4.90 Å². The molecule has 25 heavy (non-hydrogen) atoms. The fourth-order valence-corrected chi connectivity index (χ4v) is 4.04. The minimum atomic E-state index is -0.380. The van der Waals surface area contributed by atoms with Crippen molar-refractivity contribution in [2.75, 3.05) is 19.6 Å². The number of rotatable bonds is 3. The number of nitrogens with zero attached hydrogens (tertiary/aromatic N) is 1. The van der Waals surface area contributed by atoms with Crippen LogP contribution in [0.5, 0.6) is 5.75 Å². The number of hydrogen-bond donors (Lipinski definition) is 0. The molecule has 0 aromatic heterocycles. The molecule has 0 radical (unpaired) electrons. The summed E-state index contributed by atoms with van der Waals surface area (Å²) in [6, 6.07) is 8.28. The van der Waals surface area contributed by atoms with Gasteiger partial charge in [-0.25, -0.2) is 0 Å². The van der Waals surface area contributed by atoms with Crippen molar-refractivity contribution in [1.82, 2.24) is 4.90 Å². The molecule has 3 rings (SSSR count). The normalized spacial score (nSPS) is 29.8. The van der Waals surface area contributed by atoms with Gasteiger partial charge in [-0.15, -0.1) is 0 Å². The maximum Gasteiger partial charge on any atom is 0.126 e. The second-order valence-electron chi connectivity index (χ2n) is 7.92. The van der Waals surface area contributed by atoms with Crippen molar-refractivity contribution in [2.45, 2.75) is 64.8 Å². The third-order valence-corrected chi connectivity index (χ3v) is 5.73. The van der Waals surface area contributed by atoms with E-state index in [0.717, 1.165) is 38.2 Å². The molecule has 0 unspecified atom stereocenters. The number of ether oxygens (including phenoxy) is 2. The van der Waals surface area contributed by atoms with Crippen LogP contribution in [0.4, 0.5) is 0 Å². The summed E-state index contributed by atoms with van der Waals surface area (Å²) >= 11 is 0. The van der Waals surface area contributed by atoms with Crippen molar-refractivity contribution in [3.63, 3.8) is 0 Å². The molecule has 2 heterocycles. The van der Waals surface area contributed by atoms with Crippen LogP contribution in [-0.4, -0.2) is 35.7 Å². The number of hydrogen-bond acceptors (Lipinski definition) is 3. The first-order valence-corrected chi connectivity index (χ1v) is 9.56. The highest BCUT2D eigenvalue weighted by atomic mass is 16.5. The van der Waals surface area contributed by atoms with Gasteiger partial charge in [-0.1, -0.05) is 43.9 Å². The summed E-state index contributed by atoms with van der Waals surface area (Å²) < 4.78 is 12.9. The molecule has 1 fully saturated rings. The summed E-state index contributed by atoms with van der Waals surface area (Å²) in [4.78, 5) is 2.33. The zero-order chi connectivity index (χ0) is 18.1. The summed E-state index contributed by atoms with van der Waals surface area (Å²) in [5.41, 5.74) is 0.576. The molecule has 2 aliphatic rings. The summed E-state index contributed by atoms with van der Waals surface area (Å²) in [6.45, 7) is 13.7. The Morgan fingerprint density at radius 1 is 1.16 bits per heavy atom. The molecular formula is C22H31NO2. The SMILES string of the molecule is CCN(CC)CC#C[C@]1(C)CC[C@@H]2[C@@H](O1)c1ccccc1OC2(C)C. The molecule has 0 aliphatic carbocycles. The second kappa shape index (κ2) is 7.02. The van der Waals surface area contributed by atoms with Crippen LogP contribution in [-0.2, 0) is 4.74 Å². The van der Waals surface area contributed by atoms with Crippen LogP contribution < -0.4 is 4.74 Å². The Morgan fingerprint density at radius 2 is 1.88 bits per heavy atom. The average molecular weight is 341 g/mol. The molecule has 0 N–H and O–H groups in total. The number of fused-ring (bicyclic) bond motifs is 3. The zero-order valence-corrected chi connectivity index (χ0v) is 16.3. The van der Waals surface area contributed by atoms with Gasteiger partial charge >= 0.3 is 0 Å². The van der Waals surface area contributed by atoms with Crippen molar-refractivity contribution in [1.29, 1.82) is 0 Å². The van der Waals surface area contributed by atoms with Gasteiger partial charge in [-0.2, -0.15) is 0 Å². The van der Waals surface area contributed by atoms with E-state index in [2.05, 4.69) is 69.6 Å². The van der Waals surface area contributed by atoms with E-state index in [0.29, 0.717) is 5.92 Å². The van der Waals surface area contributed by atoms with E-state index in [4.69, 9.17) is 9.47 Å². The summed E-state index contributed by atoms with van der Waals surface area (Å²) in [6.07, 6.45) is 2.08. The van der Waals surface area contributed by atoms with Crippen LogP contribution >= 0.6 is 0 Å². The molecule has 0 saturated carbocycles. The van der Waals surface area contributed by atoms with Gasteiger partial charge in [0.2, 0.25) is 0 Å². The fourth-order valence-electron chi connectivity index (χ4n) is 4.04. The van der Waals surface area contributed by atoms with Crippen LogP contribution in [0.15, 0.2) is 24.3 Å². The van der Waals surface area contributed by atoms with Gasteiger partial charge in [0.1, 0.15) is 17.0 Å². The van der Waals surface area contributed by atoms with E-state index in [1.54, 1.807) is 0 Å². The Balaban J connectivity index is 1.83. The van der Waals surface area contributed by atoms with E-state index in [9.17, 15) is 0 Å². The van der Waals surface area contributed by atoms with Crippen molar-refractivity contribution >= 4 is 0 Å². The number of para-hydroxylation sites is 1. The van der Waals surface area contributed by atoms with Crippen molar-refractivity contribution < 1.29 is 9.47 Å². The lowest BCUT2D eigenvalue weighted by Gasteiger charge is -2.50. The predicted molar refractivity (Wildman–Crippen MR) is 102 cm³/mol. The van der Waals surface area contributed by atoms with Crippen LogP contribution in [0.25, 0.3) is 0 Å². The lowest BCUT2D eigenvalue weighted by molar-refractivity contribution is -0.169. The van der Waals surface area contributed by atoms with Gasteiger partial charge in [0.25, 0.3) is 0 Å². The van der Waals surface area contributed by atoms with E-state index in [-0.39, 0.29) is 17.3 Å². The topological polar surface area (TPSA) is 21.7 Å². The van der Waals surface area contributed by atoms with E-state index in [1.807, 2.05) is 6.07 Å². The Morgan fingerprint density at radius 3 is 2.60 bits per heavy atom. The van der Waals surface area contributed by atoms with Gasteiger partial charge in [0.15, 0.2) is 0 Å². The lowest BCUT2D eigenvalue weighted by Crippen LogP contribution is -2.50. The largest absolute Gasteiger partial charge is 0.487 e. The van der Waals surface area contributed by atoms with Gasteiger partial charge < -0.3 is 9.47 Å². The monoisotopic (exact) mass is 341 g/mol. The lowest BCUT2D eigenvalue weighted by atomic mass is 9.73. The van der Waals surface area contributed by atoms with Gasteiger partial charge in [0.05, 0.1) is 12.6 Å². The Labute approximate surface area is 152 Å². The van der Waals surface area contributed by atoms with Gasteiger partial charge in [-0.05, 0) is 52.8 Å². The van der Waals surface area contributed by atoms with Crippen molar-refractivity contribution in [3.8, 4) is 17.6 Å². The molecule has 0 spiro atoms. The third kappa shape index (κ3) is 3.71. The third-order valence-electron chi connectivity index (χ3n) is 5.73. The first-order chi connectivity index (χ1) is 11.9. The highest BCUT2D eigenvalue weighted by Gasteiger charge is 2.49. The van der Waals surface area contributed by atoms with Crippen molar-refractivity contribution in [2.24, 2.45) is 5.92 Å². The van der Waals surface area contributed by atoms with E-state index < -0.39 is 0 Å². The molecule has 0 bridgehead atoms. The Bertz CT molecular complexity index is 668. The van der Waals surface area contributed by atoms with Gasteiger partial charge in [0, 0.05) is 11.5 Å². The standard InChI is InChI=1S/C22H31NO2/c1-6-23(7-2)16-10-14-22(5)15-13-18-20(25-22)17-11-8-9-12-19(17)24-21(18,3)4/h8-9,11-12,18,20H,6-7,13,15-16H2,1-5H3/t18-,20+,22-/m1/s1. The van der Waals surface area contributed by atoms with E-state index >= 15 is 0 Å². The highest BCUT2D eigenvalue weighted by molar-refractivity contribution is 5.39. The fraction of sp³-hybridized carbons (Fsp3) is 0.636. The number of benzene rings is 1. The second-order valence-corrected chi connectivity index (χ2v) is 7.92. The highest BCUT2D eigenvalue weighted by Crippen LogP contribution is 2.52. The minimum absolute atomic E-state index is 0.0569. The molecule has 3 atom stereocenters. The maximum absolute atomic E-state index is 6.62. The minimum Gasteiger partial charge on any atom is -0.487 e. The summed E-state index contributed by atoms with van der Waals surface area (Å²) in [7, 11) is 0. The summed E-state index contributed by atoms with van der Waals surface area (Å²) in [5, 5.41) is 0. The molecule has 136 valence electrons. The van der Waals surface area contributed by atoms with E-state index in [1.165, 1.54) is 5.56 Å². The molecular weight excluding hydrogens is 310 g/mol. The molecule has 1 aromatic carbocycles. The van der Waals surface area contributed by atoms with Crippen LogP contribution in [0.2, 0.25) is 0 Å². The molecule has 1 aromatic rings. The zero-order valence-electron chi connectivity index (χ0n) is 16.3. The summed E-state index contributed by atoms with van der Waals surface area (Å²) in [5.74, 6) is 8.11. The van der Waals surface area contributed by atoms with Crippen LogP contribution in [0.3, 0.4) is 0 Å².